The monoisotopic (exact) mass is 322 g/mol. The summed E-state index contributed by atoms with van der Waals surface area (Å²) in [7, 11) is 0. The molecule has 1 aromatic carbocycles. The maximum Gasteiger partial charge on any atom is 0.294 e. The van der Waals surface area contributed by atoms with Crippen molar-refractivity contribution in [2.45, 2.75) is 25.7 Å². The van der Waals surface area contributed by atoms with Crippen LogP contribution in [0.3, 0.4) is 0 Å². The van der Waals surface area contributed by atoms with E-state index in [1.807, 2.05) is 0 Å². The van der Waals surface area contributed by atoms with Crippen molar-refractivity contribution < 1.29 is 9.66 Å². The van der Waals surface area contributed by atoms with Gasteiger partial charge in [0.15, 0.2) is 0 Å². The van der Waals surface area contributed by atoms with Gasteiger partial charge in [0, 0.05) is 31.4 Å². The van der Waals surface area contributed by atoms with Gasteiger partial charge in [-0.2, -0.15) is 0 Å². The highest BCUT2D eigenvalue weighted by Gasteiger charge is 2.13. The van der Waals surface area contributed by atoms with E-state index < -0.39 is 4.92 Å². The number of hydrogen-bond acceptors (Lipinski definition) is 6. The summed E-state index contributed by atoms with van der Waals surface area (Å²) in [6.07, 6.45) is 4.51. The van der Waals surface area contributed by atoms with Crippen molar-refractivity contribution in [2.24, 2.45) is 0 Å². The Morgan fingerprint density at radius 3 is 2.70 bits per heavy atom. The molecule has 1 saturated heterocycles. The number of unbranched alkanes of at least 4 members (excludes halogenated alkanes) is 3. The molecule has 1 heterocycles. The van der Waals surface area contributed by atoms with Gasteiger partial charge in [0.1, 0.15) is 5.69 Å². The molecule has 0 atom stereocenters. The first-order chi connectivity index (χ1) is 11.2. The molecule has 1 aromatic rings. The van der Waals surface area contributed by atoms with E-state index in [1.54, 1.807) is 12.1 Å². The highest BCUT2D eigenvalue weighted by atomic mass is 16.6. The van der Waals surface area contributed by atoms with Gasteiger partial charge in [-0.05, 0) is 31.5 Å². The Kier molecular flexibility index (Phi) is 7.09. The topological polar surface area (TPSA) is 93.7 Å². The highest BCUT2D eigenvalue weighted by Crippen LogP contribution is 2.26. The number of morpholine rings is 1. The lowest BCUT2D eigenvalue weighted by molar-refractivity contribution is -0.383. The van der Waals surface area contributed by atoms with Crippen LogP contribution in [0.1, 0.15) is 25.7 Å². The maximum atomic E-state index is 11.0. The number of hydrogen-bond donors (Lipinski definition) is 2. The van der Waals surface area contributed by atoms with E-state index in [9.17, 15) is 10.1 Å². The van der Waals surface area contributed by atoms with Gasteiger partial charge in [-0.15, -0.1) is 0 Å². The van der Waals surface area contributed by atoms with Crippen molar-refractivity contribution in [1.29, 1.82) is 0 Å². The van der Waals surface area contributed by atoms with Crippen molar-refractivity contribution in [1.82, 2.24) is 4.90 Å². The molecule has 128 valence electrons. The van der Waals surface area contributed by atoms with Crippen LogP contribution in [-0.2, 0) is 4.74 Å². The summed E-state index contributed by atoms with van der Waals surface area (Å²) in [5.41, 5.74) is 6.58. The quantitative estimate of drug-likeness (QED) is 0.314. The first-order valence-corrected chi connectivity index (χ1v) is 8.25. The molecule has 3 N–H and O–H groups in total. The molecule has 1 fully saturated rings. The van der Waals surface area contributed by atoms with E-state index in [-0.39, 0.29) is 5.69 Å². The van der Waals surface area contributed by atoms with Gasteiger partial charge in [-0.1, -0.05) is 12.8 Å². The number of nitrogens with zero attached hydrogens (tertiary/aromatic N) is 2. The highest BCUT2D eigenvalue weighted by molar-refractivity contribution is 5.66. The molecule has 0 amide bonds. The van der Waals surface area contributed by atoms with E-state index in [0.29, 0.717) is 11.4 Å². The molecule has 7 heteroatoms. The van der Waals surface area contributed by atoms with Crippen LogP contribution in [-0.4, -0.2) is 49.2 Å². The van der Waals surface area contributed by atoms with Crippen molar-refractivity contribution >= 4 is 17.1 Å². The van der Waals surface area contributed by atoms with Crippen molar-refractivity contribution in [3.8, 4) is 0 Å². The Balaban J connectivity index is 1.59. The van der Waals surface area contributed by atoms with Crippen LogP contribution in [0.25, 0.3) is 0 Å². The smallest absolute Gasteiger partial charge is 0.294 e. The molecular weight excluding hydrogens is 296 g/mol. The average molecular weight is 322 g/mol. The van der Waals surface area contributed by atoms with E-state index in [4.69, 9.17) is 10.5 Å². The van der Waals surface area contributed by atoms with Crippen LogP contribution in [0, 0.1) is 10.1 Å². The molecule has 0 aliphatic carbocycles. The maximum absolute atomic E-state index is 11.0. The predicted molar refractivity (Wildman–Crippen MR) is 91.7 cm³/mol. The summed E-state index contributed by atoms with van der Waals surface area (Å²) in [4.78, 5) is 13.0. The van der Waals surface area contributed by atoms with Gasteiger partial charge >= 0.3 is 0 Å². The van der Waals surface area contributed by atoms with Crippen molar-refractivity contribution in [3.05, 3.63) is 28.3 Å². The Labute approximate surface area is 136 Å². The molecular formula is C16H26N4O3. The summed E-state index contributed by atoms with van der Waals surface area (Å²) >= 11 is 0. The standard InChI is InChI=1S/C16H26N4O3/c17-14-5-6-15(16(13-14)20(21)22)18-7-3-1-2-4-8-19-9-11-23-12-10-19/h5-6,13,18H,1-4,7-12,17H2. The lowest BCUT2D eigenvalue weighted by Crippen LogP contribution is -2.36. The van der Waals surface area contributed by atoms with E-state index in [2.05, 4.69) is 10.2 Å². The van der Waals surface area contributed by atoms with Crippen LogP contribution in [0.2, 0.25) is 0 Å². The minimum Gasteiger partial charge on any atom is -0.399 e. The number of anilines is 2. The second kappa shape index (κ2) is 9.32. The Bertz CT molecular complexity index is 504. The third-order valence-corrected chi connectivity index (χ3v) is 4.04. The Morgan fingerprint density at radius 2 is 1.96 bits per heavy atom. The van der Waals surface area contributed by atoms with Crippen molar-refractivity contribution in [3.63, 3.8) is 0 Å². The minimum absolute atomic E-state index is 0.0392. The van der Waals surface area contributed by atoms with Gasteiger partial charge in [-0.3, -0.25) is 15.0 Å². The van der Waals surface area contributed by atoms with E-state index in [1.165, 1.54) is 18.9 Å². The molecule has 23 heavy (non-hydrogen) atoms. The zero-order chi connectivity index (χ0) is 16.5. The molecule has 1 aliphatic heterocycles. The van der Waals surface area contributed by atoms with Crippen LogP contribution >= 0.6 is 0 Å². The number of nitro benzene ring substituents is 1. The molecule has 1 aliphatic rings. The third-order valence-electron chi connectivity index (χ3n) is 4.04. The van der Waals surface area contributed by atoms with Crippen LogP contribution in [0.15, 0.2) is 18.2 Å². The Hall–Kier alpha value is -1.86. The van der Waals surface area contributed by atoms with Gasteiger partial charge in [0.05, 0.1) is 18.1 Å². The number of nitro groups is 1. The molecule has 0 aromatic heterocycles. The Morgan fingerprint density at radius 1 is 1.22 bits per heavy atom. The fourth-order valence-corrected chi connectivity index (χ4v) is 2.71. The number of rotatable bonds is 9. The molecule has 0 saturated carbocycles. The zero-order valence-electron chi connectivity index (χ0n) is 13.5. The third kappa shape index (κ3) is 6.03. The van der Waals surface area contributed by atoms with Crippen molar-refractivity contribution in [2.75, 3.05) is 50.4 Å². The zero-order valence-corrected chi connectivity index (χ0v) is 13.5. The van der Waals surface area contributed by atoms with E-state index >= 15 is 0 Å². The number of benzene rings is 1. The van der Waals surface area contributed by atoms with Crippen LogP contribution in [0.5, 0.6) is 0 Å². The predicted octanol–water partition coefficient (Wildman–Crippen LogP) is 2.48. The number of nitrogens with two attached hydrogens (primary N) is 1. The number of nitrogen functional groups attached to an aromatic ring is 1. The average Bonchev–Trinajstić information content (AvgIpc) is 2.56. The summed E-state index contributed by atoms with van der Waals surface area (Å²) in [6.45, 7) is 5.67. The first kappa shape index (κ1) is 17.5. The normalized spacial score (nSPS) is 15.5. The van der Waals surface area contributed by atoms with Gasteiger partial charge in [-0.25, -0.2) is 0 Å². The molecule has 0 spiro atoms. The van der Waals surface area contributed by atoms with Gasteiger partial charge in [0.25, 0.3) is 5.69 Å². The second-order valence-corrected chi connectivity index (χ2v) is 5.83. The number of ether oxygens (including phenoxy) is 1. The summed E-state index contributed by atoms with van der Waals surface area (Å²) < 4.78 is 5.33. The van der Waals surface area contributed by atoms with Crippen LogP contribution in [0.4, 0.5) is 17.1 Å². The SMILES string of the molecule is Nc1ccc(NCCCCCCN2CCOCC2)c([N+](=O)[O-])c1. The molecule has 0 bridgehead atoms. The fraction of sp³-hybridized carbons (Fsp3) is 0.625. The summed E-state index contributed by atoms with van der Waals surface area (Å²) in [5, 5.41) is 14.1. The van der Waals surface area contributed by atoms with E-state index in [0.717, 1.165) is 52.2 Å². The number of nitrogens with one attached hydrogen (secondary N) is 1. The lowest BCUT2D eigenvalue weighted by Gasteiger charge is -2.26. The van der Waals surface area contributed by atoms with Crippen LogP contribution < -0.4 is 11.1 Å². The van der Waals surface area contributed by atoms with Gasteiger partial charge < -0.3 is 15.8 Å². The first-order valence-electron chi connectivity index (χ1n) is 8.25. The molecule has 7 nitrogen and oxygen atoms in total. The molecule has 2 rings (SSSR count). The lowest BCUT2D eigenvalue weighted by atomic mass is 10.1. The molecule has 0 radical (unpaired) electrons. The minimum atomic E-state index is -0.402. The summed E-state index contributed by atoms with van der Waals surface area (Å²) in [6, 6.07) is 4.74. The summed E-state index contributed by atoms with van der Waals surface area (Å²) in [5.74, 6) is 0. The van der Waals surface area contributed by atoms with Gasteiger partial charge in [0.2, 0.25) is 0 Å². The second-order valence-electron chi connectivity index (χ2n) is 5.83. The fourth-order valence-electron chi connectivity index (χ4n) is 2.71. The molecule has 0 unspecified atom stereocenters. The largest absolute Gasteiger partial charge is 0.399 e.